The van der Waals surface area contributed by atoms with Crippen LogP contribution in [-0.4, -0.2) is 39.8 Å². The molecule has 0 amide bonds. The zero-order valence-corrected chi connectivity index (χ0v) is 16.6. The van der Waals surface area contributed by atoms with Crippen molar-refractivity contribution >= 4 is 11.6 Å². The standard InChI is InChI=1S/C20H20ClN5O3/c1-28-18-3-2-14(21)8-13(18)10-23-17-11-29-7-6-26-19(27)9-16(25-20(17)26)15-4-5-22-12-24-15/h2-5,8-9,12,17,23H,6-7,10-11H2,1H3. The number of nitrogens with zero attached hydrogens (tertiary/aromatic N) is 4. The van der Waals surface area contributed by atoms with Gasteiger partial charge in [0.05, 0.1) is 44.3 Å². The van der Waals surface area contributed by atoms with E-state index in [1.807, 2.05) is 12.1 Å². The van der Waals surface area contributed by atoms with Gasteiger partial charge in [0.15, 0.2) is 0 Å². The summed E-state index contributed by atoms with van der Waals surface area (Å²) in [6.45, 7) is 1.76. The van der Waals surface area contributed by atoms with E-state index in [4.69, 9.17) is 26.1 Å². The monoisotopic (exact) mass is 413 g/mol. The summed E-state index contributed by atoms with van der Waals surface area (Å²) in [6, 6.07) is 8.40. The number of rotatable bonds is 5. The maximum atomic E-state index is 12.7. The van der Waals surface area contributed by atoms with E-state index in [1.54, 1.807) is 30.0 Å². The van der Waals surface area contributed by atoms with Crippen molar-refractivity contribution in [2.75, 3.05) is 20.3 Å². The van der Waals surface area contributed by atoms with Crippen molar-refractivity contribution in [2.45, 2.75) is 19.1 Å². The Hall–Kier alpha value is -2.81. The first-order chi connectivity index (χ1) is 14.2. The van der Waals surface area contributed by atoms with E-state index in [9.17, 15) is 4.79 Å². The van der Waals surface area contributed by atoms with Gasteiger partial charge in [0, 0.05) is 29.4 Å². The van der Waals surface area contributed by atoms with Gasteiger partial charge in [0.25, 0.3) is 5.56 Å². The summed E-state index contributed by atoms with van der Waals surface area (Å²) < 4.78 is 12.8. The van der Waals surface area contributed by atoms with Crippen LogP contribution in [0.15, 0.2) is 47.7 Å². The number of fused-ring (bicyclic) bond motifs is 1. The lowest BCUT2D eigenvalue weighted by Gasteiger charge is -2.20. The van der Waals surface area contributed by atoms with E-state index >= 15 is 0 Å². The summed E-state index contributed by atoms with van der Waals surface area (Å²) >= 11 is 6.13. The molecule has 1 aromatic carbocycles. The number of halogens is 1. The molecule has 1 N–H and O–H groups in total. The van der Waals surface area contributed by atoms with E-state index < -0.39 is 0 Å². The minimum absolute atomic E-state index is 0.138. The number of hydrogen-bond donors (Lipinski definition) is 1. The predicted octanol–water partition coefficient (Wildman–Crippen LogP) is 2.22. The Morgan fingerprint density at radius 1 is 1.31 bits per heavy atom. The number of benzene rings is 1. The van der Waals surface area contributed by atoms with Gasteiger partial charge in [-0.1, -0.05) is 11.6 Å². The van der Waals surface area contributed by atoms with Gasteiger partial charge in [-0.05, 0) is 24.3 Å². The van der Waals surface area contributed by atoms with Crippen molar-refractivity contribution in [3.63, 3.8) is 0 Å². The van der Waals surface area contributed by atoms with Crippen LogP contribution in [0.4, 0.5) is 0 Å². The molecule has 0 fully saturated rings. The molecular weight excluding hydrogens is 394 g/mol. The first-order valence-corrected chi connectivity index (χ1v) is 9.55. The number of aromatic nitrogens is 4. The largest absolute Gasteiger partial charge is 0.496 e. The summed E-state index contributed by atoms with van der Waals surface area (Å²) in [5, 5.41) is 4.05. The summed E-state index contributed by atoms with van der Waals surface area (Å²) in [5.41, 5.74) is 1.88. The molecular formula is C20H20ClN5O3. The van der Waals surface area contributed by atoms with Crippen LogP contribution in [0.25, 0.3) is 11.4 Å². The third kappa shape index (κ3) is 4.29. The molecule has 4 rings (SSSR count). The van der Waals surface area contributed by atoms with Crippen molar-refractivity contribution in [3.8, 4) is 17.1 Å². The lowest BCUT2D eigenvalue weighted by atomic mass is 10.1. The van der Waals surface area contributed by atoms with Crippen molar-refractivity contribution in [3.05, 3.63) is 69.6 Å². The number of hydrogen-bond acceptors (Lipinski definition) is 7. The molecule has 1 unspecified atom stereocenters. The van der Waals surface area contributed by atoms with Crippen molar-refractivity contribution in [1.29, 1.82) is 0 Å². The van der Waals surface area contributed by atoms with E-state index in [1.165, 1.54) is 12.4 Å². The summed E-state index contributed by atoms with van der Waals surface area (Å²) in [7, 11) is 1.62. The lowest BCUT2D eigenvalue weighted by molar-refractivity contribution is 0.117. The first kappa shape index (κ1) is 19.5. The van der Waals surface area contributed by atoms with Crippen LogP contribution >= 0.6 is 11.6 Å². The fourth-order valence-electron chi connectivity index (χ4n) is 3.29. The van der Waals surface area contributed by atoms with Crippen LogP contribution in [0.3, 0.4) is 0 Å². The third-order valence-corrected chi connectivity index (χ3v) is 4.95. The summed E-state index contributed by atoms with van der Waals surface area (Å²) in [6.07, 6.45) is 3.06. The topological polar surface area (TPSA) is 91.2 Å². The van der Waals surface area contributed by atoms with Gasteiger partial charge in [-0.15, -0.1) is 0 Å². The summed E-state index contributed by atoms with van der Waals surface area (Å²) in [4.78, 5) is 25.6. The quantitative estimate of drug-likeness (QED) is 0.685. The van der Waals surface area contributed by atoms with Gasteiger partial charge in [0.2, 0.25) is 0 Å². The number of ether oxygens (including phenoxy) is 2. The Kier molecular flexibility index (Phi) is 5.84. The zero-order chi connectivity index (χ0) is 20.2. The van der Waals surface area contributed by atoms with Crippen LogP contribution in [0, 0.1) is 0 Å². The fourth-order valence-corrected chi connectivity index (χ4v) is 3.48. The van der Waals surface area contributed by atoms with Gasteiger partial charge in [-0.3, -0.25) is 9.36 Å². The average molecular weight is 414 g/mol. The Balaban J connectivity index is 1.67. The van der Waals surface area contributed by atoms with Crippen molar-refractivity contribution in [1.82, 2.24) is 24.8 Å². The van der Waals surface area contributed by atoms with Crippen LogP contribution in [0.5, 0.6) is 5.75 Å². The maximum absolute atomic E-state index is 12.7. The highest BCUT2D eigenvalue weighted by atomic mass is 35.5. The molecule has 8 nitrogen and oxygen atoms in total. The average Bonchev–Trinajstić information content (AvgIpc) is 2.95. The van der Waals surface area contributed by atoms with Crippen LogP contribution < -0.4 is 15.6 Å². The van der Waals surface area contributed by atoms with E-state index in [2.05, 4.69) is 15.3 Å². The SMILES string of the molecule is COc1ccc(Cl)cc1CNC1COCCn2c1nc(-c1ccncn1)cc2=O. The molecule has 0 aliphatic carbocycles. The van der Waals surface area contributed by atoms with Gasteiger partial charge in [-0.2, -0.15) is 0 Å². The molecule has 2 aromatic heterocycles. The highest BCUT2D eigenvalue weighted by Crippen LogP contribution is 2.24. The number of nitrogens with one attached hydrogen (secondary N) is 1. The van der Waals surface area contributed by atoms with Crippen molar-refractivity contribution in [2.24, 2.45) is 0 Å². The molecule has 3 heterocycles. The van der Waals surface area contributed by atoms with Crippen molar-refractivity contribution < 1.29 is 9.47 Å². The first-order valence-electron chi connectivity index (χ1n) is 9.17. The molecule has 0 saturated carbocycles. The molecule has 1 atom stereocenters. The fraction of sp³-hybridized carbons (Fsp3) is 0.300. The second kappa shape index (κ2) is 8.69. The smallest absolute Gasteiger partial charge is 0.254 e. The van der Waals surface area contributed by atoms with E-state index in [0.29, 0.717) is 48.5 Å². The Morgan fingerprint density at radius 3 is 3.00 bits per heavy atom. The Morgan fingerprint density at radius 2 is 2.21 bits per heavy atom. The molecule has 1 aliphatic rings. The Bertz CT molecular complexity index is 1060. The summed E-state index contributed by atoms with van der Waals surface area (Å²) in [5.74, 6) is 1.35. The minimum Gasteiger partial charge on any atom is -0.496 e. The van der Waals surface area contributed by atoms with Crippen LogP contribution in [-0.2, 0) is 17.8 Å². The second-order valence-electron chi connectivity index (χ2n) is 6.55. The third-order valence-electron chi connectivity index (χ3n) is 4.72. The highest BCUT2D eigenvalue weighted by Gasteiger charge is 2.23. The van der Waals surface area contributed by atoms with Gasteiger partial charge >= 0.3 is 0 Å². The molecule has 0 bridgehead atoms. The second-order valence-corrected chi connectivity index (χ2v) is 6.99. The highest BCUT2D eigenvalue weighted by molar-refractivity contribution is 6.30. The van der Waals surface area contributed by atoms with Crippen LogP contribution in [0.1, 0.15) is 17.4 Å². The molecule has 0 radical (unpaired) electrons. The molecule has 0 saturated heterocycles. The number of methoxy groups -OCH3 is 1. The van der Waals surface area contributed by atoms with E-state index in [0.717, 1.165) is 11.3 Å². The van der Waals surface area contributed by atoms with Crippen LogP contribution in [0.2, 0.25) is 5.02 Å². The van der Waals surface area contributed by atoms with Gasteiger partial charge < -0.3 is 14.8 Å². The molecule has 3 aromatic rings. The minimum atomic E-state index is -0.282. The molecule has 1 aliphatic heterocycles. The van der Waals surface area contributed by atoms with Gasteiger partial charge in [0.1, 0.15) is 17.9 Å². The Labute approximate surface area is 172 Å². The maximum Gasteiger partial charge on any atom is 0.254 e. The molecule has 0 spiro atoms. The molecule has 9 heteroatoms. The molecule has 150 valence electrons. The zero-order valence-electron chi connectivity index (χ0n) is 15.8. The molecule has 29 heavy (non-hydrogen) atoms. The van der Waals surface area contributed by atoms with E-state index in [-0.39, 0.29) is 11.6 Å². The normalized spacial score (nSPS) is 16.1. The van der Waals surface area contributed by atoms with Gasteiger partial charge in [-0.25, -0.2) is 15.0 Å². The predicted molar refractivity (Wildman–Crippen MR) is 108 cm³/mol. The lowest BCUT2D eigenvalue weighted by Crippen LogP contribution is -2.32.